The van der Waals surface area contributed by atoms with Gasteiger partial charge in [-0.1, -0.05) is 19.3 Å². The van der Waals surface area contributed by atoms with E-state index in [2.05, 4.69) is 10.2 Å². The maximum absolute atomic E-state index is 12.8. The quantitative estimate of drug-likeness (QED) is 0.647. The molecular weight excluding hydrogens is 398 g/mol. The fourth-order valence-corrected chi connectivity index (χ4v) is 5.33. The van der Waals surface area contributed by atoms with Crippen molar-refractivity contribution in [2.45, 2.75) is 63.3 Å². The maximum atomic E-state index is 12.8. The second kappa shape index (κ2) is 9.54. The number of carbonyl (C=O) groups is 4. The molecule has 31 heavy (non-hydrogen) atoms. The lowest BCUT2D eigenvalue weighted by Crippen LogP contribution is -2.52. The predicted molar refractivity (Wildman–Crippen MR) is 114 cm³/mol. The van der Waals surface area contributed by atoms with Gasteiger partial charge in [0.1, 0.15) is 5.54 Å². The Labute approximate surface area is 184 Å². The number of urea groups is 1. The highest BCUT2D eigenvalue weighted by atomic mass is 16.2. The molecule has 1 spiro atoms. The minimum absolute atomic E-state index is 0.0350. The average molecular weight is 434 g/mol. The Kier molecular flexibility index (Phi) is 6.79. The molecule has 0 bridgehead atoms. The number of imide groups is 1. The van der Waals surface area contributed by atoms with Crippen LogP contribution in [0.2, 0.25) is 0 Å². The summed E-state index contributed by atoms with van der Waals surface area (Å²) in [6.45, 7) is 4.80. The predicted octanol–water partition coefficient (Wildman–Crippen LogP) is 0.788. The van der Waals surface area contributed by atoms with Gasteiger partial charge in [-0.2, -0.15) is 0 Å². The van der Waals surface area contributed by atoms with Gasteiger partial charge in [-0.05, 0) is 32.1 Å². The molecule has 3 heterocycles. The van der Waals surface area contributed by atoms with Crippen LogP contribution >= 0.6 is 0 Å². The van der Waals surface area contributed by atoms with Gasteiger partial charge in [0.25, 0.3) is 5.91 Å². The van der Waals surface area contributed by atoms with Crippen molar-refractivity contribution in [3.05, 3.63) is 0 Å². The third kappa shape index (κ3) is 4.86. The van der Waals surface area contributed by atoms with Crippen LogP contribution < -0.4 is 5.32 Å². The van der Waals surface area contributed by atoms with E-state index in [9.17, 15) is 19.2 Å². The molecule has 4 fully saturated rings. The monoisotopic (exact) mass is 433 g/mol. The molecule has 9 nitrogen and oxygen atoms in total. The minimum Gasteiger partial charge on any atom is -0.342 e. The second-order valence-corrected chi connectivity index (χ2v) is 9.38. The topological polar surface area (TPSA) is 93.3 Å². The van der Waals surface area contributed by atoms with E-state index in [0.717, 1.165) is 45.2 Å². The van der Waals surface area contributed by atoms with Gasteiger partial charge in [-0.25, -0.2) is 4.79 Å². The normalized spacial score (nSPS) is 24.6. The minimum atomic E-state index is -0.731. The van der Waals surface area contributed by atoms with Crippen molar-refractivity contribution in [3.63, 3.8) is 0 Å². The molecule has 5 amide bonds. The van der Waals surface area contributed by atoms with E-state index in [-0.39, 0.29) is 36.7 Å². The fourth-order valence-electron chi connectivity index (χ4n) is 5.33. The van der Waals surface area contributed by atoms with Crippen molar-refractivity contribution in [2.75, 3.05) is 52.4 Å². The molecule has 0 aromatic heterocycles. The molecule has 1 aliphatic carbocycles. The lowest BCUT2D eigenvalue weighted by atomic mass is 9.82. The average Bonchev–Trinajstić information content (AvgIpc) is 3.02. The molecule has 0 atom stereocenters. The maximum Gasteiger partial charge on any atom is 0.325 e. The molecule has 0 aromatic carbocycles. The summed E-state index contributed by atoms with van der Waals surface area (Å²) >= 11 is 0. The van der Waals surface area contributed by atoms with Crippen LogP contribution in [0.25, 0.3) is 0 Å². The number of hydrogen-bond donors (Lipinski definition) is 1. The Morgan fingerprint density at radius 2 is 1.39 bits per heavy atom. The molecule has 0 unspecified atom stereocenters. The summed E-state index contributed by atoms with van der Waals surface area (Å²) in [5.74, 6) is -0.00655. The number of nitrogens with zero attached hydrogens (tertiary/aromatic N) is 4. The lowest BCUT2D eigenvalue weighted by molar-refractivity contribution is -0.136. The van der Waals surface area contributed by atoms with Crippen LogP contribution in [0.4, 0.5) is 4.79 Å². The zero-order chi connectivity index (χ0) is 21.8. The van der Waals surface area contributed by atoms with Gasteiger partial charge in [0, 0.05) is 52.2 Å². The van der Waals surface area contributed by atoms with Crippen LogP contribution in [0, 0.1) is 0 Å². The summed E-state index contributed by atoms with van der Waals surface area (Å²) < 4.78 is 0. The number of likely N-dealkylation sites (tertiary alicyclic amines) is 1. The van der Waals surface area contributed by atoms with E-state index in [1.165, 1.54) is 11.3 Å². The standard InChI is InChI=1S/C22H35N5O4/c28-18(7-12-27-20(30)22(23-21(27)31)8-3-1-4-9-22)26-15-13-24(14-16-26)17-19(29)25-10-5-2-6-11-25/h1-17H2,(H,23,31). The van der Waals surface area contributed by atoms with Gasteiger partial charge in [0.05, 0.1) is 6.54 Å². The Morgan fingerprint density at radius 3 is 2.06 bits per heavy atom. The van der Waals surface area contributed by atoms with E-state index in [0.29, 0.717) is 45.6 Å². The van der Waals surface area contributed by atoms with Gasteiger partial charge in [-0.15, -0.1) is 0 Å². The summed E-state index contributed by atoms with van der Waals surface area (Å²) in [6, 6.07) is -0.360. The first-order valence-electron chi connectivity index (χ1n) is 11.9. The third-order valence-electron chi connectivity index (χ3n) is 7.29. The highest BCUT2D eigenvalue weighted by Crippen LogP contribution is 2.33. The third-order valence-corrected chi connectivity index (χ3v) is 7.29. The first-order chi connectivity index (χ1) is 15.0. The Balaban J connectivity index is 1.20. The van der Waals surface area contributed by atoms with Gasteiger partial charge >= 0.3 is 6.03 Å². The van der Waals surface area contributed by atoms with E-state index in [1.807, 2.05) is 4.90 Å². The van der Waals surface area contributed by atoms with E-state index in [1.54, 1.807) is 4.90 Å². The van der Waals surface area contributed by atoms with E-state index >= 15 is 0 Å². The van der Waals surface area contributed by atoms with Crippen LogP contribution in [-0.4, -0.2) is 101 Å². The van der Waals surface area contributed by atoms with Gasteiger partial charge in [-0.3, -0.25) is 24.2 Å². The summed E-state index contributed by atoms with van der Waals surface area (Å²) in [4.78, 5) is 57.4. The van der Waals surface area contributed by atoms with E-state index < -0.39 is 5.54 Å². The summed E-state index contributed by atoms with van der Waals surface area (Å²) in [6.07, 6.45) is 7.92. The SMILES string of the molecule is O=C(CCN1C(=O)NC2(CCCCC2)C1=O)N1CCN(CC(=O)N2CCCCC2)CC1. The van der Waals surface area contributed by atoms with Gasteiger partial charge in [0.15, 0.2) is 0 Å². The highest BCUT2D eigenvalue weighted by molar-refractivity contribution is 6.07. The Bertz CT molecular complexity index is 707. The molecule has 9 heteroatoms. The Hall–Kier alpha value is -2.16. The second-order valence-electron chi connectivity index (χ2n) is 9.38. The molecule has 4 rings (SSSR count). The van der Waals surface area contributed by atoms with Crippen molar-refractivity contribution in [2.24, 2.45) is 0 Å². The molecule has 172 valence electrons. The number of piperazine rings is 1. The zero-order valence-corrected chi connectivity index (χ0v) is 18.4. The number of rotatable bonds is 5. The highest BCUT2D eigenvalue weighted by Gasteiger charge is 2.51. The molecule has 3 aliphatic heterocycles. The van der Waals surface area contributed by atoms with Crippen LogP contribution in [0.15, 0.2) is 0 Å². The summed E-state index contributed by atoms with van der Waals surface area (Å²) in [5.41, 5.74) is -0.731. The smallest absolute Gasteiger partial charge is 0.325 e. The summed E-state index contributed by atoms with van der Waals surface area (Å²) in [5, 5.41) is 2.89. The lowest BCUT2D eigenvalue weighted by Gasteiger charge is -2.36. The molecular formula is C22H35N5O4. The molecule has 1 N–H and O–H groups in total. The Morgan fingerprint density at radius 1 is 0.774 bits per heavy atom. The number of piperidine rings is 1. The number of amides is 5. The van der Waals surface area contributed by atoms with Crippen LogP contribution in [0.1, 0.15) is 57.8 Å². The van der Waals surface area contributed by atoms with Gasteiger partial charge in [0.2, 0.25) is 11.8 Å². The first kappa shape index (κ1) is 22.0. The zero-order valence-electron chi connectivity index (χ0n) is 18.4. The van der Waals surface area contributed by atoms with Crippen molar-refractivity contribution in [3.8, 4) is 0 Å². The van der Waals surface area contributed by atoms with Gasteiger partial charge < -0.3 is 15.1 Å². The number of hydrogen-bond acceptors (Lipinski definition) is 5. The molecule has 0 aromatic rings. The number of nitrogens with one attached hydrogen (secondary N) is 1. The molecule has 1 saturated carbocycles. The van der Waals surface area contributed by atoms with Crippen LogP contribution in [-0.2, 0) is 14.4 Å². The molecule has 0 radical (unpaired) electrons. The molecule has 3 saturated heterocycles. The van der Waals surface area contributed by atoms with Crippen molar-refractivity contribution in [1.29, 1.82) is 0 Å². The van der Waals surface area contributed by atoms with Crippen LogP contribution in [0.3, 0.4) is 0 Å². The summed E-state index contributed by atoms with van der Waals surface area (Å²) in [7, 11) is 0. The van der Waals surface area contributed by atoms with E-state index in [4.69, 9.17) is 0 Å². The van der Waals surface area contributed by atoms with Crippen molar-refractivity contribution in [1.82, 2.24) is 24.9 Å². The van der Waals surface area contributed by atoms with Crippen LogP contribution in [0.5, 0.6) is 0 Å². The largest absolute Gasteiger partial charge is 0.342 e. The molecule has 4 aliphatic rings. The van der Waals surface area contributed by atoms with Crippen molar-refractivity contribution >= 4 is 23.8 Å². The van der Waals surface area contributed by atoms with Crippen molar-refractivity contribution < 1.29 is 19.2 Å². The first-order valence-corrected chi connectivity index (χ1v) is 11.9. The number of carbonyl (C=O) groups excluding carboxylic acids is 4. The fraction of sp³-hybridized carbons (Fsp3) is 0.818.